The largest absolute Gasteiger partial charge is 0.497 e. The molecule has 2 aliphatic rings. The van der Waals surface area contributed by atoms with Crippen LogP contribution in [-0.4, -0.2) is 49.1 Å². The second kappa shape index (κ2) is 5.63. The molecule has 3 heterocycles. The highest BCUT2D eigenvalue weighted by molar-refractivity contribution is 5.95. The van der Waals surface area contributed by atoms with Crippen LogP contribution in [0.4, 0.5) is 0 Å². The van der Waals surface area contributed by atoms with Gasteiger partial charge in [-0.2, -0.15) is 0 Å². The number of esters is 2. The van der Waals surface area contributed by atoms with Gasteiger partial charge in [-0.15, -0.1) is 0 Å². The molecule has 7 nitrogen and oxygen atoms in total. The van der Waals surface area contributed by atoms with E-state index in [4.69, 9.17) is 14.2 Å². The maximum Gasteiger partial charge on any atom is 0.334 e. The summed E-state index contributed by atoms with van der Waals surface area (Å²) in [6.07, 6.45) is 2.91. The zero-order valence-corrected chi connectivity index (χ0v) is 14.0. The molecule has 1 aromatic carbocycles. The second-order valence-corrected chi connectivity index (χ2v) is 6.31. The monoisotopic (exact) mass is 342 g/mol. The zero-order chi connectivity index (χ0) is 17.6. The van der Waals surface area contributed by atoms with Crippen molar-refractivity contribution < 1.29 is 23.8 Å². The summed E-state index contributed by atoms with van der Waals surface area (Å²) in [5, 5.41) is 0.841. The minimum atomic E-state index is -1.48. The molecule has 7 heteroatoms. The number of rotatable bonds is 1. The second-order valence-electron chi connectivity index (χ2n) is 6.31. The van der Waals surface area contributed by atoms with E-state index in [0.29, 0.717) is 17.7 Å². The number of benzene rings is 1. The van der Waals surface area contributed by atoms with Crippen molar-refractivity contribution in [3.05, 3.63) is 41.6 Å². The van der Waals surface area contributed by atoms with Gasteiger partial charge in [0.2, 0.25) is 0 Å². The lowest BCUT2D eigenvalue weighted by Gasteiger charge is -2.33. The van der Waals surface area contributed by atoms with Gasteiger partial charge in [-0.05, 0) is 19.2 Å². The molecule has 0 aliphatic carbocycles. The molecule has 0 saturated carbocycles. The van der Waals surface area contributed by atoms with E-state index in [1.54, 1.807) is 7.11 Å². The van der Waals surface area contributed by atoms with Gasteiger partial charge >= 0.3 is 11.9 Å². The number of aromatic amines is 1. The zero-order valence-electron chi connectivity index (χ0n) is 14.0. The van der Waals surface area contributed by atoms with E-state index in [0.717, 1.165) is 35.3 Å². The Labute approximate surface area is 144 Å². The Kier molecular flexibility index (Phi) is 3.54. The Morgan fingerprint density at radius 3 is 2.60 bits per heavy atom. The molecule has 0 radical (unpaired) electrons. The van der Waals surface area contributed by atoms with E-state index in [9.17, 15) is 9.59 Å². The average Bonchev–Trinajstić information content (AvgIpc) is 2.81. The van der Waals surface area contributed by atoms with Gasteiger partial charge in [0.05, 0.1) is 19.2 Å². The van der Waals surface area contributed by atoms with Crippen LogP contribution in [0, 0.1) is 0 Å². The van der Waals surface area contributed by atoms with Crippen molar-refractivity contribution >= 4 is 22.8 Å². The van der Waals surface area contributed by atoms with E-state index in [1.165, 1.54) is 0 Å². The number of ether oxygens (including phenoxy) is 3. The van der Waals surface area contributed by atoms with E-state index < -0.39 is 17.7 Å². The van der Waals surface area contributed by atoms with Crippen LogP contribution in [-0.2, 0) is 31.3 Å². The number of carbonyl (C=O) groups is 2. The third-order valence-corrected chi connectivity index (χ3v) is 4.57. The highest BCUT2D eigenvalue weighted by Crippen LogP contribution is 2.40. The van der Waals surface area contributed by atoms with E-state index >= 15 is 0 Å². The standard InChI is InChI=1S/C18H18N2O5/c1-20-8-7-13-17(12-4-3-11(23-2)9-14(12)19-13)18(10-20)24-15(21)5-6-16(22)25-18/h3-6,9,19H,7-8,10H2,1-2H3. The molecule has 130 valence electrons. The summed E-state index contributed by atoms with van der Waals surface area (Å²) < 4.78 is 16.6. The number of methoxy groups -OCH3 is 1. The highest BCUT2D eigenvalue weighted by Gasteiger charge is 2.47. The van der Waals surface area contributed by atoms with Gasteiger partial charge in [0.15, 0.2) is 0 Å². The Morgan fingerprint density at radius 1 is 1.20 bits per heavy atom. The molecule has 4 rings (SSSR count). The number of fused-ring (bicyclic) bond motifs is 4. The summed E-state index contributed by atoms with van der Waals surface area (Å²) in [6, 6.07) is 5.59. The molecule has 2 aliphatic heterocycles. The summed E-state index contributed by atoms with van der Waals surface area (Å²) in [6.45, 7) is 0.999. The van der Waals surface area contributed by atoms with Gasteiger partial charge < -0.3 is 19.2 Å². The Bertz CT molecular complexity index is 878. The number of hydrogen-bond acceptors (Lipinski definition) is 6. The fourth-order valence-electron chi connectivity index (χ4n) is 3.51. The third kappa shape index (κ3) is 2.56. The molecular formula is C18H18N2O5. The van der Waals surface area contributed by atoms with E-state index in [1.807, 2.05) is 30.1 Å². The van der Waals surface area contributed by atoms with Gasteiger partial charge in [0.1, 0.15) is 5.75 Å². The normalized spacial score (nSPS) is 19.9. The lowest BCUT2D eigenvalue weighted by atomic mass is 10.0. The number of hydrogen-bond donors (Lipinski definition) is 1. The van der Waals surface area contributed by atoms with Crippen molar-refractivity contribution in [1.29, 1.82) is 0 Å². The number of carbonyl (C=O) groups excluding carboxylic acids is 2. The van der Waals surface area contributed by atoms with Crippen LogP contribution in [0.3, 0.4) is 0 Å². The minimum absolute atomic E-state index is 0.262. The minimum Gasteiger partial charge on any atom is -0.497 e. The van der Waals surface area contributed by atoms with Crippen molar-refractivity contribution in [2.45, 2.75) is 12.2 Å². The summed E-state index contributed by atoms with van der Waals surface area (Å²) in [7, 11) is 3.50. The summed E-state index contributed by atoms with van der Waals surface area (Å²) >= 11 is 0. The van der Waals surface area contributed by atoms with Gasteiger partial charge in [-0.25, -0.2) is 9.59 Å². The highest BCUT2D eigenvalue weighted by atomic mass is 16.7. The van der Waals surface area contributed by atoms with Crippen LogP contribution in [0.2, 0.25) is 0 Å². The first-order valence-corrected chi connectivity index (χ1v) is 8.02. The van der Waals surface area contributed by atoms with Crippen LogP contribution in [0.1, 0.15) is 11.3 Å². The number of likely N-dealkylation sites (N-methyl/N-ethyl adjacent to an activating group) is 1. The topological polar surface area (TPSA) is 80.9 Å². The maximum atomic E-state index is 12.1. The quantitative estimate of drug-likeness (QED) is 0.791. The van der Waals surface area contributed by atoms with Crippen molar-refractivity contribution in [2.24, 2.45) is 0 Å². The summed E-state index contributed by atoms with van der Waals surface area (Å²) in [5.41, 5.74) is 2.42. The van der Waals surface area contributed by atoms with Crippen LogP contribution < -0.4 is 4.74 Å². The predicted octanol–water partition coefficient (Wildman–Crippen LogP) is 1.47. The van der Waals surface area contributed by atoms with Gasteiger partial charge in [-0.1, -0.05) is 0 Å². The molecule has 2 aromatic rings. The number of H-pyrrole nitrogens is 1. The molecule has 0 saturated heterocycles. The van der Waals surface area contributed by atoms with Crippen molar-refractivity contribution in [3.8, 4) is 5.75 Å². The van der Waals surface area contributed by atoms with Gasteiger partial charge in [0, 0.05) is 47.8 Å². The Morgan fingerprint density at radius 2 is 1.92 bits per heavy atom. The Hall–Kier alpha value is -2.80. The third-order valence-electron chi connectivity index (χ3n) is 4.57. The number of aromatic nitrogens is 1. The molecule has 0 unspecified atom stereocenters. The lowest BCUT2D eigenvalue weighted by molar-refractivity contribution is -0.229. The smallest absolute Gasteiger partial charge is 0.334 e. The van der Waals surface area contributed by atoms with Crippen LogP contribution in [0.5, 0.6) is 5.75 Å². The molecule has 0 amide bonds. The molecule has 0 bridgehead atoms. The summed E-state index contributed by atoms with van der Waals surface area (Å²) in [5.74, 6) is -1.97. The SMILES string of the molecule is COc1ccc2c3c([nH]c2c1)CCN(C)CC31OC(=O)C=CC(=O)O1. The molecule has 1 spiro atoms. The van der Waals surface area contributed by atoms with Crippen molar-refractivity contribution in [1.82, 2.24) is 9.88 Å². The molecule has 1 aromatic heterocycles. The fraction of sp³-hybridized carbons (Fsp3) is 0.333. The fourth-order valence-corrected chi connectivity index (χ4v) is 3.51. The van der Waals surface area contributed by atoms with E-state index in [2.05, 4.69) is 4.98 Å². The van der Waals surface area contributed by atoms with Crippen LogP contribution in [0.25, 0.3) is 10.9 Å². The average molecular weight is 342 g/mol. The molecule has 25 heavy (non-hydrogen) atoms. The first kappa shape index (κ1) is 15.7. The molecule has 0 atom stereocenters. The summed E-state index contributed by atoms with van der Waals surface area (Å²) in [4.78, 5) is 29.5. The number of nitrogens with one attached hydrogen (secondary N) is 1. The molecular weight excluding hydrogens is 324 g/mol. The van der Waals surface area contributed by atoms with Crippen molar-refractivity contribution in [3.63, 3.8) is 0 Å². The van der Waals surface area contributed by atoms with Gasteiger partial charge in [-0.3, -0.25) is 4.90 Å². The van der Waals surface area contributed by atoms with Crippen LogP contribution in [0.15, 0.2) is 30.4 Å². The maximum absolute atomic E-state index is 12.1. The Balaban J connectivity index is 1.96. The van der Waals surface area contributed by atoms with E-state index in [-0.39, 0.29) is 6.54 Å². The molecule has 1 N–H and O–H groups in total. The first-order chi connectivity index (χ1) is 12.0. The molecule has 0 fully saturated rings. The van der Waals surface area contributed by atoms with Gasteiger partial charge in [0.25, 0.3) is 5.79 Å². The number of nitrogens with zero attached hydrogens (tertiary/aromatic N) is 1. The lowest BCUT2D eigenvalue weighted by Crippen LogP contribution is -2.44. The van der Waals surface area contributed by atoms with Crippen LogP contribution >= 0.6 is 0 Å². The van der Waals surface area contributed by atoms with Crippen molar-refractivity contribution in [2.75, 3.05) is 27.2 Å². The first-order valence-electron chi connectivity index (χ1n) is 8.02. The predicted molar refractivity (Wildman–Crippen MR) is 89.1 cm³/mol.